The highest BCUT2D eigenvalue weighted by Gasteiger charge is 2.04. The molecule has 0 spiro atoms. The average Bonchev–Trinajstić information content (AvgIpc) is 2.67. The molecule has 0 aliphatic rings. The Labute approximate surface area is 98.6 Å². The molecule has 0 saturated heterocycles. The van der Waals surface area contributed by atoms with Crippen LogP contribution in [0.1, 0.15) is 17.0 Å². The van der Waals surface area contributed by atoms with Gasteiger partial charge in [-0.3, -0.25) is 0 Å². The molecule has 4 nitrogen and oxygen atoms in total. The predicted octanol–water partition coefficient (Wildman–Crippen LogP) is 2.32. The second-order valence-corrected chi connectivity index (χ2v) is 3.90. The molecular weight excluding hydrogens is 226 g/mol. The van der Waals surface area contributed by atoms with Crippen molar-refractivity contribution in [1.29, 1.82) is 0 Å². The molecule has 0 bridgehead atoms. The van der Waals surface area contributed by atoms with E-state index in [2.05, 4.69) is 20.3 Å². The first kappa shape index (κ1) is 11.1. The molecule has 0 radical (unpaired) electrons. The van der Waals surface area contributed by atoms with Gasteiger partial charge in [0, 0.05) is 18.1 Å². The fraction of sp³-hybridized carbons (Fsp3) is 0.273. The average molecular weight is 238 g/mol. The van der Waals surface area contributed by atoms with E-state index in [0.717, 1.165) is 22.0 Å². The number of nitrogens with zero attached hydrogens (tertiary/aromatic N) is 2. The van der Waals surface area contributed by atoms with Crippen LogP contribution >= 0.6 is 11.6 Å². The molecule has 0 aliphatic heterocycles. The number of hydrogen-bond donors (Lipinski definition) is 1. The molecule has 16 heavy (non-hydrogen) atoms. The summed E-state index contributed by atoms with van der Waals surface area (Å²) < 4.78 is 4.61. The topological polar surface area (TPSA) is 51.0 Å². The van der Waals surface area contributed by atoms with Crippen molar-refractivity contribution in [2.45, 2.75) is 20.0 Å². The molecule has 1 aromatic carbocycles. The number of aromatic nitrogens is 2. The van der Waals surface area contributed by atoms with Gasteiger partial charge in [0.1, 0.15) is 11.4 Å². The maximum atomic E-state index is 6.03. The lowest BCUT2D eigenvalue weighted by Gasteiger charge is -2.04. The van der Waals surface area contributed by atoms with Gasteiger partial charge in [-0.25, -0.2) is 4.63 Å². The quantitative estimate of drug-likeness (QED) is 0.887. The van der Waals surface area contributed by atoms with Crippen LogP contribution in [0.25, 0.3) is 0 Å². The van der Waals surface area contributed by atoms with Crippen molar-refractivity contribution in [3.63, 3.8) is 0 Å². The van der Waals surface area contributed by atoms with Gasteiger partial charge >= 0.3 is 0 Å². The molecule has 84 valence electrons. The van der Waals surface area contributed by atoms with Crippen molar-refractivity contribution in [3.8, 4) is 0 Å². The zero-order chi connectivity index (χ0) is 11.4. The van der Waals surface area contributed by atoms with Crippen LogP contribution in [-0.2, 0) is 13.1 Å². The highest BCUT2D eigenvalue weighted by Crippen LogP contribution is 2.14. The lowest BCUT2D eigenvalue weighted by molar-refractivity contribution is 0.300. The molecule has 0 aliphatic carbocycles. The third-order valence-corrected chi connectivity index (χ3v) is 2.68. The molecular formula is C11H12ClN3O. The van der Waals surface area contributed by atoms with E-state index in [1.807, 2.05) is 31.2 Å². The Hall–Kier alpha value is -1.39. The maximum Gasteiger partial charge on any atom is 0.121 e. The molecule has 0 saturated carbocycles. The molecule has 2 rings (SSSR count). The summed E-state index contributed by atoms with van der Waals surface area (Å²) in [5, 5.41) is 11.5. The SMILES string of the molecule is Cc1nonc1CNCc1ccccc1Cl. The second kappa shape index (κ2) is 5.09. The molecule has 5 heteroatoms. The lowest BCUT2D eigenvalue weighted by Crippen LogP contribution is -2.13. The summed E-state index contributed by atoms with van der Waals surface area (Å²) in [6.45, 7) is 3.19. The summed E-state index contributed by atoms with van der Waals surface area (Å²) in [4.78, 5) is 0. The number of rotatable bonds is 4. The Kier molecular flexibility index (Phi) is 3.54. The van der Waals surface area contributed by atoms with Crippen molar-refractivity contribution in [2.24, 2.45) is 0 Å². The maximum absolute atomic E-state index is 6.03. The molecule has 0 amide bonds. The third kappa shape index (κ3) is 2.59. The zero-order valence-electron chi connectivity index (χ0n) is 8.90. The van der Waals surface area contributed by atoms with Crippen LogP contribution in [0.2, 0.25) is 5.02 Å². The minimum atomic E-state index is 0.626. The summed E-state index contributed by atoms with van der Waals surface area (Å²) in [5.74, 6) is 0. The summed E-state index contributed by atoms with van der Waals surface area (Å²) in [5.41, 5.74) is 2.71. The van der Waals surface area contributed by atoms with Gasteiger partial charge in [0.05, 0.1) is 0 Å². The van der Waals surface area contributed by atoms with Gasteiger partial charge in [0.2, 0.25) is 0 Å². The van der Waals surface area contributed by atoms with E-state index < -0.39 is 0 Å². The zero-order valence-corrected chi connectivity index (χ0v) is 9.66. The minimum absolute atomic E-state index is 0.626. The van der Waals surface area contributed by atoms with Crippen molar-refractivity contribution >= 4 is 11.6 Å². The minimum Gasteiger partial charge on any atom is -0.307 e. The first-order valence-corrected chi connectivity index (χ1v) is 5.37. The van der Waals surface area contributed by atoms with Crippen LogP contribution in [0.4, 0.5) is 0 Å². The normalized spacial score (nSPS) is 10.6. The first-order valence-electron chi connectivity index (χ1n) is 4.99. The van der Waals surface area contributed by atoms with Gasteiger partial charge in [-0.15, -0.1) is 0 Å². The van der Waals surface area contributed by atoms with Gasteiger partial charge < -0.3 is 5.32 Å². The highest BCUT2D eigenvalue weighted by atomic mass is 35.5. The highest BCUT2D eigenvalue weighted by molar-refractivity contribution is 6.31. The molecule has 1 heterocycles. The largest absolute Gasteiger partial charge is 0.307 e. The van der Waals surface area contributed by atoms with Crippen LogP contribution in [0.15, 0.2) is 28.9 Å². The number of halogens is 1. The Morgan fingerprint density at radius 3 is 2.75 bits per heavy atom. The number of benzene rings is 1. The third-order valence-electron chi connectivity index (χ3n) is 2.31. The van der Waals surface area contributed by atoms with E-state index >= 15 is 0 Å². The molecule has 1 N–H and O–H groups in total. The van der Waals surface area contributed by atoms with Gasteiger partial charge in [-0.05, 0) is 18.6 Å². The number of nitrogens with one attached hydrogen (secondary N) is 1. The van der Waals surface area contributed by atoms with Crippen molar-refractivity contribution in [2.75, 3.05) is 0 Å². The smallest absolute Gasteiger partial charge is 0.121 e. The van der Waals surface area contributed by atoms with E-state index in [-0.39, 0.29) is 0 Å². The summed E-state index contributed by atoms with van der Waals surface area (Å²) in [7, 11) is 0. The summed E-state index contributed by atoms with van der Waals surface area (Å²) in [6.07, 6.45) is 0. The Morgan fingerprint density at radius 2 is 2.06 bits per heavy atom. The molecule has 0 atom stereocenters. The van der Waals surface area contributed by atoms with Crippen LogP contribution in [0, 0.1) is 6.92 Å². The second-order valence-electron chi connectivity index (χ2n) is 3.49. The Bertz CT molecular complexity index is 470. The fourth-order valence-corrected chi connectivity index (χ4v) is 1.57. The van der Waals surface area contributed by atoms with Gasteiger partial charge in [0.25, 0.3) is 0 Å². The number of hydrogen-bond acceptors (Lipinski definition) is 4. The van der Waals surface area contributed by atoms with Gasteiger partial charge in [-0.2, -0.15) is 0 Å². The van der Waals surface area contributed by atoms with Crippen molar-refractivity contribution in [3.05, 3.63) is 46.2 Å². The van der Waals surface area contributed by atoms with Gasteiger partial charge in [0.15, 0.2) is 0 Å². The standard InChI is InChI=1S/C11H12ClN3O/c1-8-11(15-16-14-8)7-13-6-9-4-2-3-5-10(9)12/h2-5,13H,6-7H2,1H3. The molecule has 2 aromatic rings. The van der Waals surface area contributed by atoms with Crippen LogP contribution in [0.3, 0.4) is 0 Å². The van der Waals surface area contributed by atoms with Crippen LogP contribution < -0.4 is 5.32 Å². The van der Waals surface area contributed by atoms with Crippen molar-refractivity contribution in [1.82, 2.24) is 15.6 Å². The van der Waals surface area contributed by atoms with E-state index in [0.29, 0.717) is 13.1 Å². The lowest BCUT2D eigenvalue weighted by atomic mass is 10.2. The number of aryl methyl sites for hydroxylation is 1. The van der Waals surface area contributed by atoms with E-state index in [9.17, 15) is 0 Å². The predicted molar refractivity (Wildman–Crippen MR) is 61.0 cm³/mol. The molecule has 1 aromatic heterocycles. The fourth-order valence-electron chi connectivity index (χ4n) is 1.37. The summed E-state index contributed by atoms with van der Waals surface area (Å²) >= 11 is 6.03. The van der Waals surface area contributed by atoms with Crippen LogP contribution in [-0.4, -0.2) is 10.3 Å². The Balaban J connectivity index is 1.89. The van der Waals surface area contributed by atoms with Crippen molar-refractivity contribution < 1.29 is 4.63 Å². The van der Waals surface area contributed by atoms with E-state index in [1.165, 1.54) is 0 Å². The van der Waals surface area contributed by atoms with E-state index in [4.69, 9.17) is 11.6 Å². The summed E-state index contributed by atoms with van der Waals surface area (Å²) in [6, 6.07) is 7.74. The van der Waals surface area contributed by atoms with Crippen LogP contribution in [0.5, 0.6) is 0 Å². The van der Waals surface area contributed by atoms with Gasteiger partial charge in [-0.1, -0.05) is 40.1 Å². The molecule has 0 unspecified atom stereocenters. The molecule has 0 fully saturated rings. The van der Waals surface area contributed by atoms with E-state index in [1.54, 1.807) is 0 Å². The first-order chi connectivity index (χ1) is 7.77. The monoisotopic (exact) mass is 237 g/mol. The Morgan fingerprint density at radius 1 is 1.25 bits per heavy atom.